The first-order valence-electron chi connectivity index (χ1n) is 10.8. The standard InChI is InChI=1S/C21H37N5O.HI/c1-6-16-15(17(7-2)26(5)25-16)14-23-20(22-8-3)24-18-13-19(27-9-4)21(18)11-10-12-21;/h18-19H,6-14H2,1-5H3,(H2,22,23,24);1H. The highest BCUT2D eigenvalue weighted by atomic mass is 127. The molecule has 0 radical (unpaired) electrons. The molecule has 2 unspecified atom stereocenters. The van der Waals surface area contributed by atoms with Crippen molar-refractivity contribution in [3.8, 4) is 0 Å². The van der Waals surface area contributed by atoms with E-state index in [0.29, 0.717) is 24.1 Å². The van der Waals surface area contributed by atoms with E-state index in [2.05, 4.69) is 43.4 Å². The van der Waals surface area contributed by atoms with Crippen LogP contribution in [-0.2, 0) is 31.2 Å². The molecule has 1 aromatic heterocycles. The Balaban J connectivity index is 0.00000280. The van der Waals surface area contributed by atoms with Gasteiger partial charge in [-0.2, -0.15) is 5.10 Å². The third-order valence-electron chi connectivity index (χ3n) is 6.52. The van der Waals surface area contributed by atoms with Crippen molar-refractivity contribution in [1.82, 2.24) is 20.4 Å². The Morgan fingerprint density at radius 3 is 2.54 bits per heavy atom. The SMILES string of the molecule is CCNC(=NCc1c(CC)nn(C)c1CC)NC1CC(OCC)C12CCC2.I. The van der Waals surface area contributed by atoms with Crippen molar-refractivity contribution in [3.63, 3.8) is 0 Å². The maximum absolute atomic E-state index is 5.99. The number of rotatable bonds is 8. The first kappa shape index (κ1) is 23.4. The van der Waals surface area contributed by atoms with Crippen LogP contribution in [0.2, 0.25) is 0 Å². The molecule has 2 saturated carbocycles. The second-order valence-electron chi connectivity index (χ2n) is 7.86. The Bertz CT molecular complexity index is 668. The van der Waals surface area contributed by atoms with Crippen molar-refractivity contribution in [2.75, 3.05) is 13.2 Å². The van der Waals surface area contributed by atoms with Gasteiger partial charge in [0.05, 0.1) is 18.3 Å². The molecule has 28 heavy (non-hydrogen) atoms. The van der Waals surface area contributed by atoms with Gasteiger partial charge in [0, 0.05) is 42.9 Å². The number of hydrogen-bond acceptors (Lipinski definition) is 3. The van der Waals surface area contributed by atoms with Crippen molar-refractivity contribution in [1.29, 1.82) is 0 Å². The molecule has 3 rings (SSSR count). The summed E-state index contributed by atoms with van der Waals surface area (Å²) < 4.78 is 8.01. The van der Waals surface area contributed by atoms with Crippen LogP contribution in [0.5, 0.6) is 0 Å². The molecule has 1 heterocycles. The van der Waals surface area contributed by atoms with Crippen molar-refractivity contribution in [2.45, 2.75) is 84.9 Å². The van der Waals surface area contributed by atoms with Gasteiger partial charge in [-0.3, -0.25) is 4.68 Å². The predicted octanol–water partition coefficient (Wildman–Crippen LogP) is 3.57. The average molecular weight is 503 g/mol. The lowest BCUT2D eigenvalue weighted by Gasteiger charge is -2.61. The quantitative estimate of drug-likeness (QED) is 0.324. The number of hydrogen-bond donors (Lipinski definition) is 2. The lowest BCUT2D eigenvalue weighted by Crippen LogP contribution is -2.68. The maximum Gasteiger partial charge on any atom is 0.191 e. The monoisotopic (exact) mass is 503 g/mol. The summed E-state index contributed by atoms with van der Waals surface area (Å²) in [6.45, 7) is 11.0. The second-order valence-corrected chi connectivity index (χ2v) is 7.86. The lowest BCUT2D eigenvalue weighted by molar-refractivity contribution is -0.168. The van der Waals surface area contributed by atoms with E-state index in [0.717, 1.165) is 38.4 Å². The first-order chi connectivity index (χ1) is 13.1. The summed E-state index contributed by atoms with van der Waals surface area (Å²) in [6, 6.07) is 0.478. The van der Waals surface area contributed by atoms with E-state index in [-0.39, 0.29) is 24.0 Å². The molecular formula is C21H38IN5O. The Kier molecular flexibility index (Phi) is 8.60. The van der Waals surface area contributed by atoms with E-state index in [1.807, 2.05) is 11.7 Å². The molecule has 7 heteroatoms. The van der Waals surface area contributed by atoms with Crippen LogP contribution in [0.3, 0.4) is 0 Å². The highest BCUT2D eigenvalue weighted by molar-refractivity contribution is 14.0. The smallest absolute Gasteiger partial charge is 0.191 e. The van der Waals surface area contributed by atoms with E-state index in [1.54, 1.807) is 0 Å². The van der Waals surface area contributed by atoms with E-state index in [4.69, 9.17) is 9.73 Å². The average Bonchev–Trinajstić information content (AvgIpc) is 2.91. The molecule has 6 nitrogen and oxygen atoms in total. The van der Waals surface area contributed by atoms with Gasteiger partial charge in [0.1, 0.15) is 0 Å². The van der Waals surface area contributed by atoms with Gasteiger partial charge in [0.2, 0.25) is 0 Å². The Morgan fingerprint density at radius 1 is 1.25 bits per heavy atom. The third kappa shape index (κ3) is 4.35. The van der Waals surface area contributed by atoms with Gasteiger partial charge in [0.15, 0.2) is 5.96 Å². The predicted molar refractivity (Wildman–Crippen MR) is 125 cm³/mol. The van der Waals surface area contributed by atoms with Gasteiger partial charge in [-0.1, -0.05) is 20.3 Å². The number of nitrogens with zero attached hydrogens (tertiary/aromatic N) is 3. The fourth-order valence-electron chi connectivity index (χ4n) is 4.86. The summed E-state index contributed by atoms with van der Waals surface area (Å²) in [4.78, 5) is 4.93. The summed E-state index contributed by atoms with van der Waals surface area (Å²) in [6.07, 6.45) is 7.32. The molecule has 0 aromatic carbocycles. The van der Waals surface area contributed by atoms with Gasteiger partial charge in [-0.25, -0.2) is 4.99 Å². The maximum atomic E-state index is 5.99. The molecule has 2 aliphatic carbocycles. The fraction of sp³-hybridized carbons (Fsp3) is 0.810. The number of halogens is 1. The van der Waals surface area contributed by atoms with E-state index >= 15 is 0 Å². The van der Waals surface area contributed by atoms with Crippen molar-refractivity contribution in [3.05, 3.63) is 17.0 Å². The van der Waals surface area contributed by atoms with E-state index in [9.17, 15) is 0 Å². The third-order valence-corrected chi connectivity index (χ3v) is 6.52. The minimum absolute atomic E-state index is 0. The van der Waals surface area contributed by atoms with E-state index < -0.39 is 0 Å². The molecule has 0 saturated heterocycles. The largest absolute Gasteiger partial charge is 0.378 e. The van der Waals surface area contributed by atoms with Gasteiger partial charge in [-0.05, 0) is 46.0 Å². The minimum Gasteiger partial charge on any atom is -0.378 e. The molecule has 2 atom stereocenters. The van der Waals surface area contributed by atoms with Gasteiger partial charge in [0.25, 0.3) is 0 Å². The highest BCUT2D eigenvalue weighted by Gasteiger charge is 2.59. The minimum atomic E-state index is 0. The molecule has 0 bridgehead atoms. The topological polar surface area (TPSA) is 63.5 Å². The summed E-state index contributed by atoms with van der Waals surface area (Å²) in [7, 11) is 2.04. The summed E-state index contributed by atoms with van der Waals surface area (Å²) >= 11 is 0. The fourth-order valence-corrected chi connectivity index (χ4v) is 4.86. The molecule has 2 N–H and O–H groups in total. The zero-order valence-corrected chi connectivity index (χ0v) is 20.5. The number of aromatic nitrogens is 2. The number of aliphatic imine (C=N–C) groups is 1. The Labute approximate surface area is 187 Å². The summed E-state index contributed by atoms with van der Waals surface area (Å²) in [5.41, 5.74) is 4.09. The lowest BCUT2D eigenvalue weighted by atomic mass is 9.51. The van der Waals surface area contributed by atoms with Crippen LogP contribution >= 0.6 is 24.0 Å². The molecule has 0 amide bonds. The number of ether oxygens (including phenoxy) is 1. The first-order valence-corrected chi connectivity index (χ1v) is 10.8. The highest BCUT2D eigenvalue weighted by Crippen LogP contribution is 2.57. The molecule has 160 valence electrons. The Hall–Kier alpha value is -0.830. The van der Waals surface area contributed by atoms with Crippen molar-refractivity contribution < 1.29 is 4.74 Å². The zero-order chi connectivity index (χ0) is 19.4. The van der Waals surface area contributed by atoms with Crippen LogP contribution < -0.4 is 10.6 Å². The molecule has 1 spiro atoms. The van der Waals surface area contributed by atoms with Crippen LogP contribution in [0.15, 0.2) is 4.99 Å². The van der Waals surface area contributed by atoms with Crippen LogP contribution in [0.4, 0.5) is 0 Å². The normalized spacial score (nSPS) is 23.0. The molecular weight excluding hydrogens is 465 g/mol. The van der Waals surface area contributed by atoms with E-state index in [1.165, 1.54) is 36.2 Å². The van der Waals surface area contributed by atoms with Crippen molar-refractivity contribution >= 4 is 29.9 Å². The summed E-state index contributed by atoms with van der Waals surface area (Å²) in [5, 5.41) is 11.8. The number of nitrogens with one attached hydrogen (secondary N) is 2. The molecule has 2 fully saturated rings. The molecule has 0 aliphatic heterocycles. The van der Waals surface area contributed by atoms with Crippen LogP contribution in [-0.4, -0.2) is 41.0 Å². The van der Waals surface area contributed by atoms with Gasteiger partial charge < -0.3 is 15.4 Å². The van der Waals surface area contributed by atoms with Crippen LogP contribution in [0, 0.1) is 5.41 Å². The number of guanidine groups is 1. The van der Waals surface area contributed by atoms with Gasteiger partial charge in [-0.15, -0.1) is 24.0 Å². The second kappa shape index (κ2) is 10.3. The van der Waals surface area contributed by atoms with Gasteiger partial charge >= 0.3 is 0 Å². The van der Waals surface area contributed by atoms with Crippen LogP contribution in [0.25, 0.3) is 0 Å². The number of aryl methyl sites for hydroxylation is 2. The zero-order valence-electron chi connectivity index (χ0n) is 18.2. The Morgan fingerprint density at radius 2 is 2.00 bits per heavy atom. The van der Waals surface area contributed by atoms with Crippen LogP contribution in [0.1, 0.15) is 70.3 Å². The summed E-state index contributed by atoms with van der Waals surface area (Å²) in [5.74, 6) is 0.927. The molecule has 1 aromatic rings. The van der Waals surface area contributed by atoms with Crippen molar-refractivity contribution in [2.24, 2.45) is 17.5 Å². The molecule has 2 aliphatic rings.